The molecule has 0 aliphatic carbocycles. The van der Waals surface area contributed by atoms with Crippen LogP contribution in [0, 0.1) is 5.92 Å². The first-order valence-electron chi connectivity index (χ1n) is 7.87. The molecule has 1 nitrogen and oxygen atoms in total. The van der Waals surface area contributed by atoms with E-state index in [1.807, 2.05) is 0 Å². The second-order valence-corrected chi connectivity index (χ2v) is 6.42. The van der Waals surface area contributed by atoms with Gasteiger partial charge in [0, 0.05) is 0 Å². The van der Waals surface area contributed by atoms with Gasteiger partial charge < -0.3 is 4.48 Å². The van der Waals surface area contributed by atoms with Crippen LogP contribution in [0.4, 0.5) is 0 Å². The fourth-order valence-electron chi connectivity index (χ4n) is 2.81. The summed E-state index contributed by atoms with van der Waals surface area (Å²) in [6, 6.07) is 0.755. The van der Waals surface area contributed by atoms with Crippen molar-refractivity contribution in [1.29, 1.82) is 0 Å². The summed E-state index contributed by atoms with van der Waals surface area (Å²) >= 11 is 0. The van der Waals surface area contributed by atoms with Gasteiger partial charge >= 0.3 is 0 Å². The molecule has 0 aromatic rings. The van der Waals surface area contributed by atoms with Crippen molar-refractivity contribution in [3.63, 3.8) is 0 Å². The molecule has 0 saturated heterocycles. The van der Waals surface area contributed by atoms with Crippen LogP contribution in [0.25, 0.3) is 0 Å². The molecule has 0 radical (unpaired) electrons. The van der Waals surface area contributed by atoms with Crippen molar-refractivity contribution in [2.75, 3.05) is 19.6 Å². The van der Waals surface area contributed by atoms with E-state index >= 15 is 0 Å². The van der Waals surface area contributed by atoms with Crippen LogP contribution in [-0.4, -0.2) is 30.2 Å². The standard InChI is InChI=1S/C17H36N/c1-8-18(9-2,16(5)6)14-13-17(7)12-10-11-15(3)4/h11,16-17H,8-10,12-14H2,1-7H3/q+1/t17-/m1/s1. The summed E-state index contributed by atoms with van der Waals surface area (Å²) in [4.78, 5) is 0. The van der Waals surface area contributed by atoms with E-state index in [0.717, 1.165) is 12.0 Å². The van der Waals surface area contributed by atoms with Crippen LogP contribution in [0.1, 0.15) is 67.7 Å². The van der Waals surface area contributed by atoms with Crippen LogP contribution >= 0.6 is 0 Å². The minimum absolute atomic E-state index is 0.755. The smallest absolute Gasteiger partial charge is 0.0833 e. The quantitative estimate of drug-likeness (QED) is 0.400. The number of quaternary nitrogens is 1. The van der Waals surface area contributed by atoms with Gasteiger partial charge in [0.05, 0.1) is 25.7 Å². The molecule has 0 saturated carbocycles. The van der Waals surface area contributed by atoms with Gasteiger partial charge in [-0.05, 0) is 66.7 Å². The number of hydrogen-bond donors (Lipinski definition) is 0. The maximum atomic E-state index is 2.42. The van der Waals surface area contributed by atoms with Gasteiger partial charge in [-0.1, -0.05) is 18.6 Å². The van der Waals surface area contributed by atoms with Gasteiger partial charge in [-0.25, -0.2) is 0 Å². The second-order valence-electron chi connectivity index (χ2n) is 6.42. The van der Waals surface area contributed by atoms with E-state index in [1.54, 1.807) is 0 Å². The molecular weight excluding hydrogens is 218 g/mol. The predicted molar refractivity (Wildman–Crippen MR) is 83.8 cm³/mol. The summed E-state index contributed by atoms with van der Waals surface area (Å²) in [5.41, 5.74) is 1.46. The molecule has 1 heteroatoms. The lowest BCUT2D eigenvalue weighted by Crippen LogP contribution is -2.53. The van der Waals surface area contributed by atoms with Crippen molar-refractivity contribution in [2.45, 2.75) is 73.8 Å². The molecule has 0 spiro atoms. The third-order valence-corrected chi connectivity index (χ3v) is 4.63. The molecule has 0 fully saturated rings. The molecule has 0 heterocycles. The third kappa shape index (κ3) is 6.04. The predicted octanol–water partition coefficient (Wildman–Crippen LogP) is 5.02. The van der Waals surface area contributed by atoms with Crippen molar-refractivity contribution < 1.29 is 4.48 Å². The highest BCUT2D eigenvalue weighted by molar-refractivity contribution is 4.92. The summed E-state index contributed by atoms with van der Waals surface area (Å²) in [5, 5.41) is 0. The van der Waals surface area contributed by atoms with Gasteiger partial charge in [-0.15, -0.1) is 0 Å². The summed E-state index contributed by atoms with van der Waals surface area (Å²) in [6.07, 6.45) is 6.34. The van der Waals surface area contributed by atoms with E-state index in [4.69, 9.17) is 0 Å². The Hall–Kier alpha value is -0.300. The van der Waals surface area contributed by atoms with Crippen LogP contribution in [0.3, 0.4) is 0 Å². The van der Waals surface area contributed by atoms with Crippen LogP contribution in [0.2, 0.25) is 0 Å². The molecule has 0 aromatic carbocycles. The largest absolute Gasteiger partial charge is 0.322 e. The average Bonchev–Trinajstić information content (AvgIpc) is 2.30. The van der Waals surface area contributed by atoms with Gasteiger partial charge in [-0.2, -0.15) is 0 Å². The molecule has 0 unspecified atom stereocenters. The molecule has 0 aromatic heterocycles. The molecule has 1 atom stereocenters. The highest BCUT2D eigenvalue weighted by Gasteiger charge is 2.27. The molecule has 0 amide bonds. The first-order chi connectivity index (χ1) is 8.38. The molecular formula is C17H36N+. The third-order valence-electron chi connectivity index (χ3n) is 4.63. The molecule has 108 valence electrons. The lowest BCUT2D eigenvalue weighted by atomic mass is 9.99. The topological polar surface area (TPSA) is 0 Å². The molecule has 18 heavy (non-hydrogen) atoms. The lowest BCUT2D eigenvalue weighted by molar-refractivity contribution is -0.945. The first-order valence-corrected chi connectivity index (χ1v) is 7.87. The SMILES string of the molecule is CC[N+](CC)(CC[C@H](C)CCC=C(C)C)C(C)C. The van der Waals surface area contributed by atoms with Gasteiger partial charge in [-0.3, -0.25) is 0 Å². The van der Waals surface area contributed by atoms with Crippen molar-refractivity contribution >= 4 is 0 Å². The van der Waals surface area contributed by atoms with Crippen LogP contribution < -0.4 is 0 Å². The summed E-state index contributed by atoms with van der Waals surface area (Å²) in [6.45, 7) is 20.1. The number of allylic oxidation sites excluding steroid dienone is 2. The molecule has 0 bridgehead atoms. The van der Waals surface area contributed by atoms with E-state index in [0.29, 0.717) is 0 Å². The molecule has 0 rings (SSSR count). The Morgan fingerprint density at radius 3 is 1.94 bits per heavy atom. The van der Waals surface area contributed by atoms with Crippen molar-refractivity contribution in [3.05, 3.63) is 11.6 Å². The van der Waals surface area contributed by atoms with Crippen LogP contribution in [0.15, 0.2) is 11.6 Å². The normalized spacial score (nSPS) is 13.8. The second kappa shape index (κ2) is 8.74. The Balaban J connectivity index is 4.15. The Morgan fingerprint density at radius 2 is 1.56 bits per heavy atom. The zero-order valence-corrected chi connectivity index (χ0v) is 13.9. The van der Waals surface area contributed by atoms with Crippen LogP contribution in [0.5, 0.6) is 0 Å². The Kier molecular flexibility index (Phi) is 8.60. The summed E-state index contributed by atoms with van der Waals surface area (Å²) < 4.78 is 1.28. The minimum Gasteiger partial charge on any atom is -0.322 e. The molecule has 0 aliphatic rings. The maximum absolute atomic E-state index is 2.42. The van der Waals surface area contributed by atoms with Gasteiger partial charge in [0.2, 0.25) is 0 Å². The van der Waals surface area contributed by atoms with E-state index < -0.39 is 0 Å². The summed E-state index contributed by atoms with van der Waals surface area (Å²) in [7, 11) is 0. The van der Waals surface area contributed by atoms with E-state index in [9.17, 15) is 0 Å². The van der Waals surface area contributed by atoms with Gasteiger partial charge in [0.1, 0.15) is 0 Å². The highest BCUT2D eigenvalue weighted by Crippen LogP contribution is 2.19. The van der Waals surface area contributed by atoms with Crippen molar-refractivity contribution in [2.24, 2.45) is 5.92 Å². The van der Waals surface area contributed by atoms with Crippen molar-refractivity contribution in [1.82, 2.24) is 0 Å². The Morgan fingerprint density at radius 1 is 1.00 bits per heavy atom. The Labute approximate surface area is 116 Å². The number of rotatable bonds is 9. The fourth-order valence-corrected chi connectivity index (χ4v) is 2.81. The average molecular weight is 254 g/mol. The van der Waals surface area contributed by atoms with Crippen molar-refractivity contribution in [3.8, 4) is 0 Å². The monoisotopic (exact) mass is 254 g/mol. The van der Waals surface area contributed by atoms with E-state index in [2.05, 4.69) is 54.5 Å². The van der Waals surface area contributed by atoms with E-state index in [-0.39, 0.29) is 0 Å². The minimum atomic E-state index is 0.755. The van der Waals surface area contributed by atoms with Gasteiger partial charge in [0.25, 0.3) is 0 Å². The number of nitrogens with zero attached hydrogens (tertiary/aromatic N) is 1. The molecule has 0 aliphatic heterocycles. The zero-order chi connectivity index (χ0) is 14.2. The zero-order valence-electron chi connectivity index (χ0n) is 13.9. The van der Waals surface area contributed by atoms with E-state index in [1.165, 1.54) is 49.0 Å². The van der Waals surface area contributed by atoms with Crippen LogP contribution in [-0.2, 0) is 0 Å². The molecule has 0 N–H and O–H groups in total. The summed E-state index contributed by atoms with van der Waals surface area (Å²) in [5.74, 6) is 0.856. The Bertz CT molecular complexity index is 232. The highest BCUT2D eigenvalue weighted by atomic mass is 15.4. The fraction of sp³-hybridized carbons (Fsp3) is 0.882. The number of hydrogen-bond acceptors (Lipinski definition) is 0. The first kappa shape index (κ1) is 17.7. The lowest BCUT2D eigenvalue weighted by Gasteiger charge is -2.41. The maximum Gasteiger partial charge on any atom is 0.0833 e. The van der Waals surface area contributed by atoms with Gasteiger partial charge in [0.15, 0.2) is 0 Å².